The fourth-order valence-electron chi connectivity index (χ4n) is 2.29. The summed E-state index contributed by atoms with van der Waals surface area (Å²) in [4.78, 5) is 20.7. The van der Waals surface area contributed by atoms with Gasteiger partial charge in [0, 0.05) is 40.9 Å². The summed E-state index contributed by atoms with van der Waals surface area (Å²) < 4.78 is 1.00. The number of aryl methyl sites for hydroxylation is 1. The third-order valence-corrected chi connectivity index (χ3v) is 3.94. The van der Waals surface area contributed by atoms with Crippen molar-refractivity contribution in [3.63, 3.8) is 0 Å². The van der Waals surface area contributed by atoms with Gasteiger partial charge in [-0.1, -0.05) is 27.7 Å². The molecule has 0 amide bonds. The van der Waals surface area contributed by atoms with E-state index in [-0.39, 0.29) is 0 Å². The summed E-state index contributed by atoms with van der Waals surface area (Å²) in [5, 5.41) is 4.31. The highest BCUT2D eigenvalue weighted by molar-refractivity contribution is 9.10. The van der Waals surface area contributed by atoms with E-state index in [0.717, 1.165) is 32.7 Å². The van der Waals surface area contributed by atoms with Crippen LogP contribution in [0, 0.1) is 6.92 Å². The molecule has 0 atom stereocenters. The number of aliphatic imine (C=N–C) groups is 1. The summed E-state index contributed by atoms with van der Waals surface area (Å²) in [7, 11) is 0. The highest BCUT2D eigenvalue weighted by Gasteiger charge is 2.06. The van der Waals surface area contributed by atoms with Crippen molar-refractivity contribution >= 4 is 38.9 Å². The number of rotatable bonds is 3. The second-order valence-electron chi connectivity index (χ2n) is 5.45. The predicted molar refractivity (Wildman–Crippen MR) is 112 cm³/mol. The van der Waals surface area contributed by atoms with Crippen LogP contribution in [0.2, 0.25) is 0 Å². The molecule has 6 nitrogen and oxygen atoms in total. The Morgan fingerprint density at radius 3 is 2.56 bits per heavy atom. The molecule has 1 aliphatic heterocycles. The van der Waals surface area contributed by atoms with E-state index in [9.17, 15) is 0 Å². The van der Waals surface area contributed by atoms with Crippen LogP contribution in [-0.2, 0) is 0 Å². The normalized spacial score (nSPS) is 12.1. The van der Waals surface area contributed by atoms with Gasteiger partial charge in [0.2, 0.25) is 0 Å². The number of nitrogens with zero attached hydrogens (tertiary/aromatic N) is 5. The molecule has 3 heterocycles. The molecular weight excluding hydrogens is 404 g/mol. The summed E-state index contributed by atoms with van der Waals surface area (Å²) >= 11 is 3.47. The second kappa shape index (κ2) is 9.52. The maximum atomic E-state index is 4.48. The minimum atomic E-state index is 0.566. The highest BCUT2D eigenvalue weighted by Crippen LogP contribution is 2.24. The summed E-state index contributed by atoms with van der Waals surface area (Å²) in [6.45, 7) is 2.45. The number of anilines is 1. The van der Waals surface area contributed by atoms with Gasteiger partial charge in [-0.05, 0) is 37.3 Å². The van der Waals surface area contributed by atoms with E-state index in [2.05, 4.69) is 51.9 Å². The minimum Gasteiger partial charge on any atom is -0.363 e. The van der Waals surface area contributed by atoms with Gasteiger partial charge in [0.15, 0.2) is 0 Å². The van der Waals surface area contributed by atoms with Crippen molar-refractivity contribution in [1.29, 1.82) is 0 Å². The van der Waals surface area contributed by atoms with Crippen LogP contribution < -0.4 is 5.32 Å². The number of aromatic nitrogens is 4. The second-order valence-corrected chi connectivity index (χ2v) is 6.37. The molecule has 0 saturated carbocycles. The first-order valence-corrected chi connectivity index (χ1v) is 9.04. The number of allylic oxidation sites excluding steroid dienone is 2. The minimum absolute atomic E-state index is 0.566. The van der Waals surface area contributed by atoms with Gasteiger partial charge in [-0.3, -0.25) is 15.0 Å². The van der Waals surface area contributed by atoms with Crippen LogP contribution in [-0.4, -0.2) is 32.7 Å². The number of nitrogens with one attached hydrogen (secondary N) is 1. The zero-order chi connectivity index (χ0) is 18.9. The Labute approximate surface area is 165 Å². The van der Waals surface area contributed by atoms with Crippen molar-refractivity contribution in [1.82, 2.24) is 19.9 Å². The van der Waals surface area contributed by atoms with Crippen LogP contribution in [0.5, 0.6) is 0 Å². The van der Waals surface area contributed by atoms with Gasteiger partial charge < -0.3 is 5.32 Å². The zero-order valence-corrected chi connectivity index (χ0v) is 16.3. The number of halogens is 1. The average Bonchev–Trinajstić information content (AvgIpc) is 2.96. The average molecular weight is 421 g/mol. The highest BCUT2D eigenvalue weighted by atomic mass is 79.9. The molecule has 0 radical (unpaired) electrons. The van der Waals surface area contributed by atoms with Gasteiger partial charge in [0.1, 0.15) is 17.3 Å². The fourth-order valence-corrected chi connectivity index (χ4v) is 2.64. The Bertz CT molecular complexity index is 1010. The molecule has 27 heavy (non-hydrogen) atoms. The SMILES string of the molecule is Cc1nc(NCC2=C=CC=CC=N2)c2ccc(Br)cc2n1.c1cnccn1. The summed E-state index contributed by atoms with van der Waals surface area (Å²) in [5.41, 5.74) is 4.86. The van der Waals surface area contributed by atoms with E-state index in [1.807, 2.05) is 43.4 Å². The summed E-state index contributed by atoms with van der Waals surface area (Å²) in [6, 6.07) is 5.98. The quantitative estimate of drug-likeness (QED) is 0.640. The number of hydrogen-bond donors (Lipinski definition) is 1. The van der Waals surface area contributed by atoms with Gasteiger partial charge >= 0.3 is 0 Å². The van der Waals surface area contributed by atoms with Crippen LogP contribution in [0.1, 0.15) is 5.82 Å². The van der Waals surface area contributed by atoms with Crippen LogP contribution in [0.25, 0.3) is 10.9 Å². The van der Waals surface area contributed by atoms with Gasteiger partial charge in [-0.15, -0.1) is 0 Å². The fraction of sp³-hybridized carbons (Fsp3) is 0.100. The van der Waals surface area contributed by atoms with Gasteiger partial charge in [0.05, 0.1) is 12.1 Å². The van der Waals surface area contributed by atoms with Gasteiger partial charge in [-0.25, -0.2) is 9.97 Å². The van der Waals surface area contributed by atoms with E-state index in [1.165, 1.54) is 0 Å². The standard InChI is InChI=1S/C16H13BrN4.C4H4N2/c1-11-20-15-9-12(17)6-7-14(15)16(21-11)19-10-13-5-3-2-4-8-18-13;1-2-6-4-3-5-1/h2-4,6-9H,10H2,1H3,(H,19,20,21);1-4H. The topological polar surface area (TPSA) is 76.0 Å². The molecule has 1 aromatic carbocycles. The van der Waals surface area contributed by atoms with E-state index in [1.54, 1.807) is 31.0 Å². The van der Waals surface area contributed by atoms with Crippen molar-refractivity contribution in [2.75, 3.05) is 11.9 Å². The third-order valence-electron chi connectivity index (χ3n) is 3.45. The maximum absolute atomic E-state index is 4.48. The predicted octanol–water partition coefficient (Wildman–Crippen LogP) is 4.27. The Morgan fingerprint density at radius 1 is 1.04 bits per heavy atom. The molecule has 0 unspecified atom stereocenters. The lowest BCUT2D eigenvalue weighted by Crippen LogP contribution is -2.07. The summed E-state index contributed by atoms with van der Waals surface area (Å²) in [6.07, 6.45) is 13.9. The Kier molecular flexibility index (Phi) is 6.57. The van der Waals surface area contributed by atoms with Crippen LogP contribution in [0.4, 0.5) is 5.82 Å². The lowest BCUT2D eigenvalue weighted by molar-refractivity contribution is 1.07. The third kappa shape index (κ3) is 5.67. The van der Waals surface area contributed by atoms with E-state index in [0.29, 0.717) is 6.54 Å². The first kappa shape index (κ1) is 18.6. The van der Waals surface area contributed by atoms with Crippen molar-refractivity contribution < 1.29 is 0 Å². The smallest absolute Gasteiger partial charge is 0.137 e. The maximum Gasteiger partial charge on any atom is 0.137 e. The molecule has 1 N–H and O–H groups in total. The van der Waals surface area contributed by atoms with Crippen LogP contribution in [0.3, 0.4) is 0 Å². The molecule has 0 fully saturated rings. The lowest BCUT2D eigenvalue weighted by Gasteiger charge is -2.09. The first-order valence-electron chi connectivity index (χ1n) is 8.25. The molecule has 0 bridgehead atoms. The Hall–Kier alpha value is -3.15. The van der Waals surface area contributed by atoms with E-state index in [4.69, 9.17) is 0 Å². The van der Waals surface area contributed by atoms with Crippen molar-refractivity contribution in [2.45, 2.75) is 6.92 Å². The molecule has 3 aromatic rings. The largest absolute Gasteiger partial charge is 0.363 e. The first-order chi connectivity index (χ1) is 13.2. The van der Waals surface area contributed by atoms with E-state index >= 15 is 0 Å². The summed E-state index contributed by atoms with van der Waals surface area (Å²) in [5.74, 6) is 1.55. The molecular formula is C20H17BrN6. The number of benzene rings is 1. The molecule has 0 spiro atoms. The van der Waals surface area contributed by atoms with Gasteiger partial charge in [0.25, 0.3) is 0 Å². The molecule has 0 aliphatic carbocycles. The monoisotopic (exact) mass is 420 g/mol. The van der Waals surface area contributed by atoms with Crippen LogP contribution in [0.15, 0.2) is 82.1 Å². The lowest BCUT2D eigenvalue weighted by atomic mass is 10.2. The molecule has 4 rings (SSSR count). The van der Waals surface area contributed by atoms with E-state index < -0.39 is 0 Å². The zero-order valence-electron chi connectivity index (χ0n) is 14.7. The van der Waals surface area contributed by atoms with Crippen molar-refractivity contribution in [3.05, 3.63) is 82.9 Å². The molecule has 1 aliphatic rings. The van der Waals surface area contributed by atoms with Gasteiger partial charge in [-0.2, -0.15) is 0 Å². The van der Waals surface area contributed by atoms with Crippen molar-refractivity contribution in [3.8, 4) is 0 Å². The molecule has 0 saturated heterocycles. The Morgan fingerprint density at radius 2 is 1.81 bits per heavy atom. The number of fused-ring (bicyclic) bond motifs is 1. The van der Waals surface area contributed by atoms with Crippen LogP contribution >= 0.6 is 15.9 Å². The molecule has 2 aromatic heterocycles. The molecule has 134 valence electrons. The molecule has 7 heteroatoms. The van der Waals surface area contributed by atoms with Crippen molar-refractivity contribution in [2.24, 2.45) is 4.99 Å². The number of hydrogen-bond acceptors (Lipinski definition) is 6. The Balaban J connectivity index is 0.000000299.